The number of hydrogen-bond donors (Lipinski definition) is 4. The maximum absolute atomic E-state index is 9.63. The van der Waals surface area contributed by atoms with E-state index in [4.69, 9.17) is 9.84 Å². The fourth-order valence-electron chi connectivity index (χ4n) is 1.45. The van der Waals surface area contributed by atoms with Crippen molar-refractivity contribution in [2.75, 3.05) is 6.61 Å². The molecule has 0 saturated carbocycles. The van der Waals surface area contributed by atoms with Gasteiger partial charge in [0.1, 0.15) is 29.9 Å². The molecule has 0 bridgehead atoms. The Balaban J connectivity index is 2.65. The molecule has 1 fully saturated rings. The van der Waals surface area contributed by atoms with E-state index < -0.39 is 29.9 Å². The largest absolute Gasteiger partial charge is 0.394 e. The van der Waals surface area contributed by atoms with E-state index >= 15 is 0 Å². The van der Waals surface area contributed by atoms with Gasteiger partial charge in [0.25, 0.3) is 0 Å². The van der Waals surface area contributed by atoms with Crippen LogP contribution in [0.5, 0.6) is 0 Å². The zero-order valence-corrected chi connectivity index (χ0v) is 9.59. The van der Waals surface area contributed by atoms with Gasteiger partial charge < -0.3 is 25.2 Å². The van der Waals surface area contributed by atoms with Crippen molar-refractivity contribution in [2.45, 2.75) is 48.9 Å². The van der Waals surface area contributed by atoms with Crippen molar-refractivity contribution in [3.8, 4) is 0 Å². The lowest BCUT2D eigenvalue weighted by Gasteiger charge is -2.40. The van der Waals surface area contributed by atoms with E-state index in [-0.39, 0.29) is 11.9 Å². The number of ether oxygens (including phenoxy) is 1. The van der Waals surface area contributed by atoms with Gasteiger partial charge in [0.05, 0.1) is 6.61 Å². The van der Waals surface area contributed by atoms with E-state index in [1.807, 2.05) is 13.8 Å². The van der Waals surface area contributed by atoms with Crippen LogP contribution in [0.25, 0.3) is 0 Å². The molecule has 0 amide bonds. The van der Waals surface area contributed by atoms with Gasteiger partial charge >= 0.3 is 0 Å². The molecular formula is C9H18O5S. The first-order valence-electron chi connectivity index (χ1n) is 4.93. The van der Waals surface area contributed by atoms with Crippen LogP contribution in [0.3, 0.4) is 0 Å². The molecule has 5 nitrogen and oxygen atoms in total. The van der Waals surface area contributed by atoms with Crippen molar-refractivity contribution >= 4 is 11.8 Å². The lowest BCUT2D eigenvalue weighted by atomic mass is 10.0. The minimum atomic E-state index is -1.27. The van der Waals surface area contributed by atoms with Crippen LogP contribution in [0.4, 0.5) is 0 Å². The van der Waals surface area contributed by atoms with Gasteiger partial charge in [0, 0.05) is 5.25 Å². The van der Waals surface area contributed by atoms with Crippen molar-refractivity contribution in [3.05, 3.63) is 0 Å². The Morgan fingerprint density at radius 1 is 1.13 bits per heavy atom. The fraction of sp³-hybridized carbons (Fsp3) is 1.00. The second kappa shape index (κ2) is 5.47. The molecule has 0 aromatic carbocycles. The van der Waals surface area contributed by atoms with Crippen LogP contribution in [0.15, 0.2) is 0 Å². The first-order chi connectivity index (χ1) is 6.97. The van der Waals surface area contributed by atoms with Gasteiger partial charge in [-0.3, -0.25) is 0 Å². The summed E-state index contributed by atoms with van der Waals surface area (Å²) in [5.74, 6) is 0. The number of rotatable bonds is 3. The lowest BCUT2D eigenvalue weighted by Crippen LogP contribution is -2.57. The van der Waals surface area contributed by atoms with Gasteiger partial charge in [0.2, 0.25) is 0 Å². The number of aliphatic hydroxyl groups is 4. The Hall–Kier alpha value is 0.150. The Kier molecular flexibility index (Phi) is 4.82. The summed E-state index contributed by atoms with van der Waals surface area (Å²) >= 11 is 1.35. The molecule has 0 aliphatic carbocycles. The Morgan fingerprint density at radius 3 is 2.20 bits per heavy atom. The van der Waals surface area contributed by atoms with E-state index in [0.29, 0.717) is 0 Å². The molecule has 0 aromatic rings. The zero-order chi connectivity index (χ0) is 11.6. The molecule has 0 spiro atoms. The molecule has 1 aliphatic heterocycles. The third kappa shape index (κ3) is 3.05. The molecule has 1 aliphatic rings. The van der Waals surface area contributed by atoms with Crippen molar-refractivity contribution in [1.82, 2.24) is 0 Å². The van der Waals surface area contributed by atoms with Crippen LogP contribution in [0.2, 0.25) is 0 Å². The molecular weight excluding hydrogens is 220 g/mol. The summed E-state index contributed by atoms with van der Waals surface area (Å²) in [5, 5.41) is 37.8. The number of aliphatic hydroxyl groups excluding tert-OH is 4. The van der Waals surface area contributed by atoms with Gasteiger partial charge in [-0.15, -0.1) is 11.8 Å². The van der Waals surface area contributed by atoms with Crippen LogP contribution in [0, 0.1) is 0 Å². The Morgan fingerprint density at radius 2 is 1.73 bits per heavy atom. The monoisotopic (exact) mass is 238 g/mol. The van der Waals surface area contributed by atoms with E-state index in [9.17, 15) is 15.3 Å². The van der Waals surface area contributed by atoms with Crippen molar-refractivity contribution in [3.63, 3.8) is 0 Å². The summed E-state index contributed by atoms with van der Waals surface area (Å²) in [4.78, 5) is 0. The Bertz CT molecular complexity index is 199. The topological polar surface area (TPSA) is 90.2 Å². The van der Waals surface area contributed by atoms with E-state index in [2.05, 4.69) is 0 Å². The molecule has 0 radical (unpaired) electrons. The maximum atomic E-state index is 9.63. The Labute approximate surface area is 93.1 Å². The summed E-state index contributed by atoms with van der Waals surface area (Å²) < 4.78 is 5.29. The summed E-state index contributed by atoms with van der Waals surface area (Å²) in [6.07, 6.45) is -4.48. The highest BCUT2D eigenvalue weighted by atomic mass is 32.2. The zero-order valence-electron chi connectivity index (χ0n) is 8.78. The highest BCUT2D eigenvalue weighted by Crippen LogP contribution is 2.30. The van der Waals surface area contributed by atoms with Crippen LogP contribution >= 0.6 is 11.8 Å². The molecule has 1 rings (SSSR count). The van der Waals surface area contributed by atoms with Crippen LogP contribution in [-0.4, -0.2) is 62.1 Å². The van der Waals surface area contributed by atoms with Crippen molar-refractivity contribution in [2.24, 2.45) is 0 Å². The average molecular weight is 238 g/mol. The van der Waals surface area contributed by atoms with E-state index in [0.717, 1.165) is 0 Å². The molecule has 1 heterocycles. The summed E-state index contributed by atoms with van der Waals surface area (Å²) in [7, 11) is 0. The number of hydrogen-bond acceptors (Lipinski definition) is 6. The average Bonchev–Trinajstić information content (AvgIpc) is 2.18. The van der Waals surface area contributed by atoms with Gasteiger partial charge in [-0.1, -0.05) is 13.8 Å². The lowest BCUT2D eigenvalue weighted by molar-refractivity contribution is -0.205. The predicted molar refractivity (Wildman–Crippen MR) is 56.5 cm³/mol. The minimum Gasteiger partial charge on any atom is -0.394 e. The standard InChI is InChI=1S/C9H18O5S/c1-4(2)15-9-8(13)7(12)6(11)5(3-10)14-9/h4-13H,3H2,1-2H3/t5-,6-,7+,8-,9+/m0/s1. The molecule has 0 aromatic heterocycles. The van der Waals surface area contributed by atoms with E-state index in [1.165, 1.54) is 11.8 Å². The van der Waals surface area contributed by atoms with Crippen molar-refractivity contribution in [1.29, 1.82) is 0 Å². The summed E-state index contributed by atoms with van der Waals surface area (Å²) in [6.45, 7) is 3.50. The summed E-state index contributed by atoms with van der Waals surface area (Å²) in [6, 6.07) is 0. The van der Waals surface area contributed by atoms with Crippen LogP contribution < -0.4 is 0 Å². The highest BCUT2D eigenvalue weighted by molar-refractivity contribution is 8.00. The SMILES string of the molecule is CC(C)S[C@H]1O[C@@H](CO)[C@H](O)[C@@H](O)[C@@H]1O. The molecule has 1 saturated heterocycles. The number of thioether (sulfide) groups is 1. The summed E-state index contributed by atoms with van der Waals surface area (Å²) in [5.41, 5.74) is -0.611. The molecule has 90 valence electrons. The van der Waals surface area contributed by atoms with E-state index in [1.54, 1.807) is 0 Å². The second-order valence-corrected chi connectivity index (χ2v) is 5.56. The van der Waals surface area contributed by atoms with Gasteiger partial charge in [-0.05, 0) is 0 Å². The minimum absolute atomic E-state index is 0.228. The predicted octanol–water partition coefficient (Wildman–Crippen LogP) is -1.07. The highest BCUT2D eigenvalue weighted by Gasteiger charge is 2.43. The quantitative estimate of drug-likeness (QED) is 0.500. The third-order valence-corrected chi connectivity index (χ3v) is 3.46. The molecule has 4 N–H and O–H groups in total. The molecule has 0 unspecified atom stereocenters. The molecule has 15 heavy (non-hydrogen) atoms. The van der Waals surface area contributed by atoms with Crippen LogP contribution in [-0.2, 0) is 4.74 Å². The van der Waals surface area contributed by atoms with Gasteiger partial charge in [0.15, 0.2) is 0 Å². The maximum Gasteiger partial charge on any atom is 0.132 e. The first-order valence-corrected chi connectivity index (χ1v) is 5.87. The molecule has 6 heteroatoms. The van der Waals surface area contributed by atoms with Gasteiger partial charge in [-0.25, -0.2) is 0 Å². The van der Waals surface area contributed by atoms with Crippen molar-refractivity contribution < 1.29 is 25.2 Å². The fourth-order valence-corrected chi connectivity index (χ4v) is 2.51. The van der Waals surface area contributed by atoms with Gasteiger partial charge in [-0.2, -0.15) is 0 Å². The normalized spacial score (nSPS) is 42.2. The second-order valence-electron chi connectivity index (χ2n) is 3.88. The first kappa shape index (κ1) is 13.2. The molecule has 5 atom stereocenters. The smallest absolute Gasteiger partial charge is 0.132 e. The third-order valence-electron chi connectivity index (χ3n) is 2.25. The van der Waals surface area contributed by atoms with Crippen LogP contribution in [0.1, 0.15) is 13.8 Å².